The molecule has 1 aromatic rings. The van der Waals surface area contributed by atoms with Gasteiger partial charge in [0, 0.05) is 12.2 Å². The zero-order valence-electron chi connectivity index (χ0n) is 12.0. The monoisotopic (exact) mass is 279 g/mol. The van der Waals surface area contributed by atoms with Crippen LogP contribution in [-0.2, 0) is 0 Å². The van der Waals surface area contributed by atoms with Crippen molar-refractivity contribution in [1.82, 2.24) is 10.3 Å². The number of aromatic nitrogens is 1. The van der Waals surface area contributed by atoms with Gasteiger partial charge in [0.25, 0.3) is 0 Å². The smallest absolute Gasteiger partial charge is 0.337 e. The second kappa shape index (κ2) is 7.47. The van der Waals surface area contributed by atoms with E-state index in [1.54, 1.807) is 0 Å². The van der Waals surface area contributed by atoms with E-state index < -0.39 is 5.97 Å². The van der Waals surface area contributed by atoms with Gasteiger partial charge >= 0.3 is 12.0 Å². The van der Waals surface area contributed by atoms with Crippen LogP contribution in [0, 0.1) is 5.92 Å². The molecule has 6 heteroatoms. The lowest BCUT2D eigenvalue weighted by Crippen LogP contribution is -2.36. The second-order valence-electron chi connectivity index (χ2n) is 5.24. The number of hydrogen-bond donors (Lipinski definition) is 3. The molecule has 110 valence electrons. The van der Waals surface area contributed by atoms with Gasteiger partial charge in [-0.25, -0.2) is 9.59 Å². The summed E-state index contributed by atoms with van der Waals surface area (Å²) in [5, 5.41) is 14.2. The summed E-state index contributed by atoms with van der Waals surface area (Å²) in [6, 6.07) is 1.08. The van der Waals surface area contributed by atoms with E-state index in [0.717, 1.165) is 12.8 Å². The molecule has 0 saturated carbocycles. The number of carbonyl (C=O) groups is 2. The first kappa shape index (κ1) is 15.9. The number of rotatable bonds is 6. The number of aromatic carboxylic acids is 1. The summed E-state index contributed by atoms with van der Waals surface area (Å²) in [5.41, 5.74) is 0.397. The van der Waals surface area contributed by atoms with Crippen molar-refractivity contribution in [2.24, 2.45) is 5.92 Å². The highest BCUT2D eigenvalue weighted by Gasteiger charge is 2.10. The standard InChI is InChI=1S/C14H21N3O3/c1-9(2)4-5-10(3)16-14(20)17-12-6-11(13(18)19)7-15-8-12/h6-10H,4-5H2,1-3H3,(H,18,19)(H2,16,17,20). The van der Waals surface area contributed by atoms with Crippen LogP contribution in [0.15, 0.2) is 18.5 Å². The quantitative estimate of drug-likeness (QED) is 0.746. The lowest BCUT2D eigenvalue weighted by Gasteiger charge is -2.15. The van der Waals surface area contributed by atoms with Gasteiger partial charge in [0.05, 0.1) is 17.4 Å². The van der Waals surface area contributed by atoms with Gasteiger partial charge in [-0.1, -0.05) is 13.8 Å². The number of carboxylic acids is 1. The maximum atomic E-state index is 11.8. The number of hydrogen-bond acceptors (Lipinski definition) is 3. The number of urea groups is 1. The Hall–Kier alpha value is -2.11. The van der Waals surface area contributed by atoms with Crippen LogP contribution >= 0.6 is 0 Å². The van der Waals surface area contributed by atoms with Gasteiger partial charge in [-0.2, -0.15) is 0 Å². The molecule has 1 atom stereocenters. The summed E-state index contributed by atoms with van der Waals surface area (Å²) in [6.45, 7) is 6.21. The van der Waals surface area contributed by atoms with Gasteiger partial charge < -0.3 is 15.7 Å². The van der Waals surface area contributed by atoms with Gasteiger partial charge in [0.1, 0.15) is 0 Å². The third kappa shape index (κ3) is 5.69. The van der Waals surface area contributed by atoms with E-state index in [4.69, 9.17) is 5.11 Å². The molecule has 1 aromatic heterocycles. The van der Waals surface area contributed by atoms with Crippen molar-refractivity contribution in [2.45, 2.75) is 39.7 Å². The molecule has 1 rings (SSSR count). The zero-order valence-corrected chi connectivity index (χ0v) is 12.0. The fourth-order valence-electron chi connectivity index (χ4n) is 1.67. The van der Waals surface area contributed by atoms with Gasteiger partial charge in [0.2, 0.25) is 0 Å². The Bertz CT molecular complexity index is 474. The minimum Gasteiger partial charge on any atom is -0.478 e. The van der Waals surface area contributed by atoms with Crippen molar-refractivity contribution < 1.29 is 14.7 Å². The SMILES string of the molecule is CC(C)CCC(C)NC(=O)Nc1cncc(C(=O)O)c1. The number of carboxylic acid groups (broad SMARTS) is 1. The van der Waals surface area contributed by atoms with E-state index in [2.05, 4.69) is 29.5 Å². The molecule has 0 saturated heterocycles. The summed E-state index contributed by atoms with van der Waals surface area (Å²) in [6.07, 6.45) is 4.58. The van der Waals surface area contributed by atoms with Crippen molar-refractivity contribution in [2.75, 3.05) is 5.32 Å². The molecule has 6 nitrogen and oxygen atoms in total. The van der Waals surface area contributed by atoms with E-state index >= 15 is 0 Å². The summed E-state index contributed by atoms with van der Waals surface area (Å²) in [4.78, 5) is 26.3. The van der Waals surface area contributed by atoms with Crippen LogP contribution < -0.4 is 10.6 Å². The Balaban J connectivity index is 2.49. The fourth-order valence-corrected chi connectivity index (χ4v) is 1.67. The first-order valence-corrected chi connectivity index (χ1v) is 6.64. The Morgan fingerprint density at radius 3 is 2.55 bits per heavy atom. The molecule has 2 amide bonds. The van der Waals surface area contributed by atoms with E-state index in [0.29, 0.717) is 11.6 Å². The van der Waals surface area contributed by atoms with E-state index in [-0.39, 0.29) is 17.6 Å². The zero-order chi connectivity index (χ0) is 15.1. The molecule has 0 bridgehead atoms. The van der Waals surface area contributed by atoms with Crippen LogP contribution in [-0.4, -0.2) is 28.1 Å². The van der Waals surface area contributed by atoms with Gasteiger partial charge in [-0.05, 0) is 31.7 Å². The minimum atomic E-state index is -1.08. The normalized spacial score (nSPS) is 12.0. The molecule has 1 heterocycles. The second-order valence-corrected chi connectivity index (χ2v) is 5.24. The summed E-state index contributed by atoms with van der Waals surface area (Å²) >= 11 is 0. The molecule has 3 N–H and O–H groups in total. The van der Waals surface area contributed by atoms with E-state index in [9.17, 15) is 9.59 Å². The molecule has 0 aromatic carbocycles. The maximum Gasteiger partial charge on any atom is 0.337 e. The van der Waals surface area contributed by atoms with Gasteiger partial charge in [-0.3, -0.25) is 4.98 Å². The third-order valence-electron chi connectivity index (χ3n) is 2.80. The van der Waals surface area contributed by atoms with Crippen LogP contribution in [0.1, 0.15) is 44.0 Å². The Labute approximate surface area is 118 Å². The van der Waals surface area contributed by atoms with Crippen molar-refractivity contribution in [1.29, 1.82) is 0 Å². The number of nitrogens with zero attached hydrogens (tertiary/aromatic N) is 1. The number of pyridine rings is 1. The molecule has 0 aliphatic heterocycles. The number of nitrogens with one attached hydrogen (secondary N) is 2. The molecule has 0 aliphatic carbocycles. The predicted molar refractivity (Wildman–Crippen MR) is 76.9 cm³/mol. The topological polar surface area (TPSA) is 91.3 Å². The van der Waals surface area contributed by atoms with Crippen LogP contribution in [0.5, 0.6) is 0 Å². The van der Waals surface area contributed by atoms with Crippen molar-refractivity contribution in [3.63, 3.8) is 0 Å². The molecular formula is C14H21N3O3. The predicted octanol–water partition coefficient (Wildman–Crippen LogP) is 2.73. The molecular weight excluding hydrogens is 258 g/mol. The van der Waals surface area contributed by atoms with E-state index in [1.807, 2.05) is 6.92 Å². The van der Waals surface area contributed by atoms with Crippen LogP contribution in [0.25, 0.3) is 0 Å². The number of carbonyl (C=O) groups excluding carboxylic acids is 1. The highest BCUT2D eigenvalue weighted by Crippen LogP contribution is 2.09. The van der Waals surface area contributed by atoms with Gasteiger partial charge in [0.15, 0.2) is 0 Å². The lowest BCUT2D eigenvalue weighted by atomic mass is 10.0. The fraction of sp³-hybridized carbons (Fsp3) is 0.500. The summed E-state index contributed by atoms with van der Waals surface area (Å²) in [5.74, 6) is -0.481. The molecule has 1 unspecified atom stereocenters. The highest BCUT2D eigenvalue weighted by atomic mass is 16.4. The Morgan fingerprint density at radius 1 is 1.25 bits per heavy atom. The average molecular weight is 279 g/mol. The number of amides is 2. The van der Waals surface area contributed by atoms with E-state index in [1.165, 1.54) is 18.5 Å². The van der Waals surface area contributed by atoms with Crippen molar-refractivity contribution in [3.05, 3.63) is 24.0 Å². The first-order chi connectivity index (χ1) is 9.38. The van der Waals surface area contributed by atoms with Crippen molar-refractivity contribution in [3.8, 4) is 0 Å². The third-order valence-corrected chi connectivity index (χ3v) is 2.80. The molecule has 0 radical (unpaired) electrons. The highest BCUT2D eigenvalue weighted by molar-refractivity contribution is 5.92. The van der Waals surface area contributed by atoms with Gasteiger partial charge in [-0.15, -0.1) is 0 Å². The molecule has 0 spiro atoms. The molecule has 0 fully saturated rings. The van der Waals surface area contributed by atoms with Crippen molar-refractivity contribution >= 4 is 17.7 Å². The van der Waals surface area contributed by atoms with Crippen LogP contribution in [0.4, 0.5) is 10.5 Å². The summed E-state index contributed by atoms with van der Waals surface area (Å²) in [7, 11) is 0. The average Bonchev–Trinajstić information content (AvgIpc) is 2.36. The van der Waals surface area contributed by atoms with Crippen LogP contribution in [0.2, 0.25) is 0 Å². The lowest BCUT2D eigenvalue weighted by molar-refractivity contribution is 0.0696. The Kier molecular flexibility index (Phi) is 5.96. The molecule has 0 aliphatic rings. The largest absolute Gasteiger partial charge is 0.478 e. The molecule has 20 heavy (non-hydrogen) atoms. The first-order valence-electron chi connectivity index (χ1n) is 6.64. The number of anilines is 1. The van der Waals surface area contributed by atoms with Crippen LogP contribution in [0.3, 0.4) is 0 Å². The Morgan fingerprint density at radius 2 is 1.95 bits per heavy atom. The maximum absolute atomic E-state index is 11.8. The minimum absolute atomic E-state index is 0.0376. The summed E-state index contributed by atoms with van der Waals surface area (Å²) < 4.78 is 0.